The Morgan fingerprint density at radius 2 is 0.286 bits per heavy atom. The molecule has 0 unspecified atom stereocenters. The van der Waals surface area contributed by atoms with Gasteiger partial charge in [0.1, 0.15) is 0 Å². The van der Waals surface area contributed by atoms with Crippen molar-refractivity contribution in [2.75, 3.05) is 0 Å². The molecule has 0 aromatic heterocycles. The Balaban J connectivity index is 2.96. The monoisotopic (exact) mass is 420 g/mol. The van der Waals surface area contributed by atoms with Crippen LogP contribution in [0.4, 0.5) is 0 Å². The summed E-state index contributed by atoms with van der Waals surface area (Å²) in [7, 11) is 7.11. The van der Waals surface area contributed by atoms with Gasteiger partial charge in [0.25, 0.3) is 0 Å². The van der Waals surface area contributed by atoms with E-state index in [-0.39, 0.29) is 0 Å². The lowest BCUT2D eigenvalue weighted by molar-refractivity contribution is 0.518. The average molecular weight is 421 g/mol. The molecule has 28 heavy (non-hydrogen) atoms. The van der Waals surface area contributed by atoms with Gasteiger partial charge in [0, 0.05) is 20.5 Å². The molecule has 0 aliphatic heterocycles. The van der Waals surface area contributed by atoms with Crippen LogP contribution < -0.4 is 0 Å². The maximum atomic E-state index is 3.56. The third kappa shape index (κ3) is 26.4. The van der Waals surface area contributed by atoms with E-state index in [0.29, 0.717) is 0 Å². The Bertz CT molecular complexity index is 229. The molecule has 6 radical (unpaired) electrons. The van der Waals surface area contributed by atoms with E-state index in [2.05, 4.69) is 20.5 Å². The van der Waals surface area contributed by atoms with Crippen LogP contribution in [0, 0.1) is 0 Å². The molecule has 0 atom stereocenters. The van der Waals surface area contributed by atoms with E-state index in [0.717, 1.165) is 0 Å². The van der Waals surface area contributed by atoms with Crippen molar-refractivity contribution in [3.63, 3.8) is 0 Å². The summed E-state index contributed by atoms with van der Waals surface area (Å²) < 4.78 is 0. The SMILES string of the molecule is [Si]CCCCCCCCCCCCCCCCCCCCCCCCCC[Si]. The summed E-state index contributed by atoms with van der Waals surface area (Å²) in [6, 6.07) is 2.36. The molecule has 0 nitrogen and oxygen atoms in total. The third-order valence-corrected chi connectivity index (χ3v) is 6.81. The third-order valence-electron chi connectivity index (χ3n) is 6.10. The van der Waals surface area contributed by atoms with Crippen molar-refractivity contribution in [1.29, 1.82) is 0 Å². The van der Waals surface area contributed by atoms with Gasteiger partial charge in [-0.2, -0.15) is 0 Å². The molecule has 0 bridgehead atoms. The molecule has 0 N–H and O–H groups in total. The Morgan fingerprint density at radius 1 is 0.179 bits per heavy atom. The zero-order valence-electron chi connectivity index (χ0n) is 19.4. The second-order valence-corrected chi connectivity index (χ2v) is 9.99. The second-order valence-electron chi connectivity index (χ2n) is 8.99. The highest BCUT2D eigenvalue weighted by molar-refractivity contribution is 6.08. The van der Waals surface area contributed by atoms with Gasteiger partial charge in [-0.05, 0) is 0 Å². The summed E-state index contributed by atoms with van der Waals surface area (Å²) in [5, 5.41) is 0. The first-order valence-corrected chi connectivity index (χ1v) is 14.6. The van der Waals surface area contributed by atoms with Gasteiger partial charge < -0.3 is 0 Å². The van der Waals surface area contributed by atoms with Gasteiger partial charge in [-0.3, -0.25) is 0 Å². The van der Waals surface area contributed by atoms with E-state index in [4.69, 9.17) is 0 Å². The summed E-state index contributed by atoms with van der Waals surface area (Å²) in [4.78, 5) is 0. The highest BCUT2D eigenvalue weighted by Gasteiger charge is 1.96. The van der Waals surface area contributed by atoms with Crippen molar-refractivity contribution >= 4 is 20.5 Å². The molecule has 0 aromatic carbocycles. The number of rotatable bonds is 25. The smallest absolute Gasteiger partial charge is 0.0222 e. The van der Waals surface area contributed by atoms with Crippen molar-refractivity contribution in [3.05, 3.63) is 0 Å². The van der Waals surface area contributed by atoms with Crippen LogP contribution >= 0.6 is 0 Å². The van der Waals surface area contributed by atoms with E-state index in [1.54, 1.807) is 0 Å². The van der Waals surface area contributed by atoms with E-state index < -0.39 is 0 Å². The van der Waals surface area contributed by atoms with Crippen LogP contribution in [0.25, 0.3) is 0 Å². The van der Waals surface area contributed by atoms with E-state index in [9.17, 15) is 0 Å². The van der Waals surface area contributed by atoms with Crippen LogP contribution in [-0.2, 0) is 0 Å². The molecular weight excluding hydrogens is 368 g/mol. The first-order valence-electron chi connectivity index (χ1n) is 13.2. The van der Waals surface area contributed by atoms with Gasteiger partial charge in [-0.15, -0.1) is 0 Å². The molecule has 164 valence electrons. The molecule has 0 fully saturated rings. The molecule has 0 aliphatic carbocycles. The number of hydrogen-bond donors (Lipinski definition) is 0. The molecule has 0 saturated heterocycles. The fraction of sp³-hybridized carbons (Fsp3) is 1.00. The predicted octanol–water partition coefficient (Wildman–Crippen LogP) is 9.52. The summed E-state index contributed by atoms with van der Waals surface area (Å²) in [5.41, 5.74) is 0. The van der Waals surface area contributed by atoms with Crippen LogP contribution in [0.5, 0.6) is 0 Å². The Labute approximate surface area is 186 Å². The van der Waals surface area contributed by atoms with E-state index >= 15 is 0 Å². The molecule has 0 spiro atoms. The standard InChI is InChI=1S/C26H52Si2/c27-25-23-21-19-17-15-13-11-9-7-5-3-1-2-4-6-8-10-12-14-16-18-20-22-24-26-28/h1-26H2. The Kier molecular flexibility index (Phi) is 27.9. The molecule has 0 rings (SSSR count). The fourth-order valence-corrected chi connectivity index (χ4v) is 4.64. The predicted molar refractivity (Wildman–Crippen MR) is 132 cm³/mol. The van der Waals surface area contributed by atoms with E-state index in [1.807, 2.05) is 0 Å². The van der Waals surface area contributed by atoms with Gasteiger partial charge in [0.2, 0.25) is 0 Å². The van der Waals surface area contributed by atoms with Gasteiger partial charge in [0.15, 0.2) is 0 Å². The molecule has 0 amide bonds. The van der Waals surface area contributed by atoms with Crippen molar-refractivity contribution in [3.8, 4) is 0 Å². The average Bonchev–Trinajstić information content (AvgIpc) is 2.71. The van der Waals surface area contributed by atoms with Gasteiger partial charge >= 0.3 is 0 Å². The number of unbranched alkanes of at least 4 members (excludes halogenated alkanes) is 23. The Morgan fingerprint density at radius 3 is 0.393 bits per heavy atom. The van der Waals surface area contributed by atoms with Gasteiger partial charge in [-0.25, -0.2) is 0 Å². The molecule has 0 aliphatic rings. The quantitative estimate of drug-likeness (QED) is 0.102. The lowest BCUT2D eigenvalue weighted by Crippen LogP contribution is -1.84. The fourth-order valence-electron chi connectivity index (χ4n) is 4.14. The largest absolute Gasteiger partial charge is 0.0638 e. The molecule has 0 aromatic rings. The minimum Gasteiger partial charge on any atom is -0.0638 e. The van der Waals surface area contributed by atoms with Crippen LogP contribution in [0.2, 0.25) is 12.1 Å². The van der Waals surface area contributed by atoms with Crippen molar-refractivity contribution in [2.24, 2.45) is 0 Å². The van der Waals surface area contributed by atoms with Crippen molar-refractivity contribution < 1.29 is 0 Å². The van der Waals surface area contributed by atoms with E-state index in [1.165, 1.54) is 166 Å². The van der Waals surface area contributed by atoms with Crippen LogP contribution in [0.1, 0.15) is 154 Å². The normalized spacial score (nSPS) is 11.4. The zero-order chi connectivity index (χ0) is 20.4. The molecule has 0 saturated carbocycles. The van der Waals surface area contributed by atoms with Crippen LogP contribution in [0.3, 0.4) is 0 Å². The maximum Gasteiger partial charge on any atom is 0.0222 e. The minimum absolute atomic E-state index is 1.18. The number of hydrogen-bond acceptors (Lipinski definition) is 0. The van der Waals surface area contributed by atoms with Crippen LogP contribution in [-0.4, -0.2) is 20.5 Å². The van der Waals surface area contributed by atoms with Gasteiger partial charge in [-0.1, -0.05) is 166 Å². The molecular formula is C26H52Si2. The summed E-state index contributed by atoms with van der Waals surface area (Å²) in [5.74, 6) is 0. The van der Waals surface area contributed by atoms with Gasteiger partial charge in [0.05, 0.1) is 0 Å². The van der Waals surface area contributed by atoms with Crippen LogP contribution in [0.15, 0.2) is 0 Å². The van der Waals surface area contributed by atoms with Crippen molar-refractivity contribution in [2.45, 2.75) is 166 Å². The molecule has 2 heteroatoms. The Hall–Kier alpha value is 0.434. The van der Waals surface area contributed by atoms with Crippen molar-refractivity contribution in [1.82, 2.24) is 0 Å². The highest BCUT2D eigenvalue weighted by Crippen LogP contribution is 2.15. The lowest BCUT2D eigenvalue weighted by atomic mass is 10.0. The lowest BCUT2D eigenvalue weighted by Gasteiger charge is -2.04. The summed E-state index contributed by atoms with van der Waals surface area (Å²) in [6.07, 6.45) is 35.1. The second kappa shape index (κ2) is 27.4. The topological polar surface area (TPSA) is 0 Å². The first-order chi connectivity index (χ1) is 13.9. The maximum absolute atomic E-state index is 3.56. The molecule has 0 heterocycles. The minimum atomic E-state index is 1.18. The summed E-state index contributed by atoms with van der Waals surface area (Å²) >= 11 is 0. The first kappa shape index (κ1) is 28.4. The zero-order valence-corrected chi connectivity index (χ0v) is 21.4. The highest BCUT2D eigenvalue weighted by atomic mass is 28.1. The summed E-state index contributed by atoms with van der Waals surface area (Å²) in [6.45, 7) is 0.